The minimum absolute atomic E-state index is 0.0576. The van der Waals surface area contributed by atoms with Crippen LogP contribution >= 0.6 is 0 Å². The molecule has 0 radical (unpaired) electrons. The number of furan rings is 1. The van der Waals surface area contributed by atoms with E-state index in [1.54, 1.807) is 6.07 Å². The van der Waals surface area contributed by atoms with Crippen LogP contribution in [0.1, 0.15) is 43.6 Å². The molecule has 1 aliphatic carbocycles. The van der Waals surface area contributed by atoms with Gasteiger partial charge in [0, 0.05) is 6.42 Å². The van der Waals surface area contributed by atoms with Crippen molar-refractivity contribution in [2.45, 2.75) is 45.6 Å². The number of aliphatic carboxylic acids is 1. The monoisotopic (exact) mass is 265 g/mol. The summed E-state index contributed by atoms with van der Waals surface area (Å²) in [6.07, 6.45) is 3.02. The molecule has 1 aromatic rings. The SMILES string of the molecule is Cc1ccc(CNC(=O)CC2(C(=O)O)CCCC2)o1. The van der Waals surface area contributed by atoms with Crippen LogP contribution < -0.4 is 5.32 Å². The Morgan fingerprint density at radius 3 is 2.58 bits per heavy atom. The molecule has 0 unspecified atom stereocenters. The van der Waals surface area contributed by atoms with Crippen LogP contribution in [-0.4, -0.2) is 17.0 Å². The molecule has 1 amide bonds. The third-order valence-electron chi connectivity index (χ3n) is 3.77. The molecule has 104 valence electrons. The highest BCUT2D eigenvalue weighted by Crippen LogP contribution is 2.41. The fourth-order valence-electron chi connectivity index (χ4n) is 2.65. The van der Waals surface area contributed by atoms with E-state index in [2.05, 4.69) is 5.32 Å². The number of amides is 1. The lowest BCUT2D eigenvalue weighted by atomic mass is 9.82. The smallest absolute Gasteiger partial charge is 0.310 e. The summed E-state index contributed by atoms with van der Waals surface area (Å²) in [5.41, 5.74) is -0.858. The Morgan fingerprint density at radius 1 is 1.37 bits per heavy atom. The maximum absolute atomic E-state index is 11.9. The van der Waals surface area contributed by atoms with Gasteiger partial charge < -0.3 is 14.8 Å². The first-order valence-electron chi connectivity index (χ1n) is 6.57. The van der Waals surface area contributed by atoms with Gasteiger partial charge in [0.2, 0.25) is 5.91 Å². The third-order valence-corrected chi connectivity index (χ3v) is 3.77. The quantitative estimate of drug-likeness (QED) is 0.855. The molecule has 1 saturated carbocycles. The molecular formula is C14H19NO4. The van der Waals surface area contributed by atoms with Gasteiger partial charge in [0.15, 0.2) is 0 Å². The number of aryl methyl sites for hydroxylation is 1. The molecule has 1 heterocycles. The zero-order valence-corrected chi connectivity index (χ0v) is 11.1. The summed E-state index contributed by atoms with van der Waals surface area (Å²) in [4.78, 5) is 23.2. The number of hydrogen-bond donors (Lipinski definition) is 2. The molecule has 5 heteroatoms. The van der Waals surface area contributed by atoms with Gasteiger partial charge in [-0.25, -0.2) is 0 Å². The molecule has 1 fully saturated rings. The Hall–Kier alpha value is -1.78. The molecule has 0 aromatic carbocycles. The number of carbonyl (C=O) groups is 2. The van der Waals surface area contributed by atoms with E-state index in [4.69, 9.17) is 4.42 Å². The Labute approximate surface area is 112 Å². The fourth-order valence-corrected chi connectivity index (χ4v) is 2.65. The van der Waals surface area contributed by atoms with E-state index in [1.165, 1.54) is 0 Å². The van der Waals surface area contributed by atoms with Gasteiger partial charge in [-0.05, 0) is 31.9 Å². The van der Waals surface area contributed by atoms with Crippen molar-refractivity contribution in [1.29, 1.82) is 0 Å². The van der Waals surface area contributed by atoms with Gasteiger partial charge in [-0.2, -0.15) is 0 Å². The maximum Gasteiger partial charge on any atom is 0.310 e. The molecule has 1 aliphatic rings. The topological polar surface area (TPSA) is 79.5 Å². The second kappa shape index (κ2) is 5.47. The molecule has 0 bridgehead atoms. The van der Waals surface area contributed by atoms with E-state index in [0.717, 1.165) is 18.6 Å². The predicted octanol–water partition coefficient (Wildman–Crippen LogP) is 2.24. The summed E-state index contributed by atoms with van der Waals surface area (Å²) in [6, 6.07) is 3.63. The van der Waals surface area contributed by atoms with E-state index >= 15 is 0 Å². The summed E-state index contributed by atoms with van der Waals surface area (Å²) in [5.74, 6) is 0.399. The van der Waals surface area contributed by atoms with Crippen molar-refractivity contribution >= 4 is 11.9 Å². The van der Waals surface area contributed by atoms with Crippen molar-refractivity contribution in [1.82, 2.24) is 5.32 Å². The lowest BCUT2D eigenvalue weighted by molar-refractivity contribution is -0.151. The Kier molecular flexibility index (Phi) is 3.93. The fraction of sp³-hybridized carbons (Fsp3) is 0.571. The summed E-state index contributed by atoms with van der Waals surface area (Å²) in [5, 5.41) is 12.0. The highest BCUT2D eigenvalue weighted by Gasteiger charge is 2.42. The van der Waals surface area contributed by atoms with E-state index < -0.39 is 11.4 Å². The molecule has 0 spiro atoms. The number of carboxylic acids is 1. The molecule has 1 aromatic heterocycles. The lowest BCUT2D eigenvalue weighted by Crippen LogP contribution is -2.35. The highest BCUT2D eigenvalue weighted by molar-refractivity contribution is 5.85. The van der Waals surface area contributed by atoms with Gasteiger partial charge in [-0.15, -0.1) is 0 Å². The number of carboxylic acid groups (broad SMARTS) is 1. The van der Waals surface area contributed by atoms with E-state index in [-0.39, 0.29) is 12.3 Å². The first kappa shape index (κ1) is 13.6. The number of carbonyl (C=O) groups excluding carboxylic acids is 1. The second-order valence-electron chi connectivity index (χ2n) is 5.26. The van der Waals surface area contributed by atoms with Crippen LogP contribution in [0.4, 0.5) is 0 Å². The molecule has 19 heavy (non-hydrogen) atoms. The van der Waals surface area contributed by atoms with Crippen LogP contribution in [0.2, 0.25) is 0 Å². The molecular weight excluding hydrogens is 246 g/mol. The average Bonchev–Trinajstić information content (AvgIpc) is 2.97. The molecule has 2 rings (SSSR count). The minimum atomic E-state index is -0.858. The Morgan fingerprint density at radius 2 is 2.05 bits per heavy atom. The number of rotatable bonds is 5. The van der Waals surface area contributed by atoms with Crippen molar-refractivity contribution in [3.8, 4) is 0 Å². The molecule has 0 atom stereocenters. The third kappa shape index (κ3) is 3.16. The zero-order valence-electron chi connectivity index (χ0n) is 11.1. The van der Waals surface area contributed by atoms with Crippen LogP contribution in [0.5, 0.6) is 0 Å². The van der Waals surface area contributed by atoms with E-state index in [1.807, 2.05) is 13.0 Å². The molecule has 0 aliphatic heterocycles. The van der Waals surface area contributed by atoms with Crippen LogP contribution in [0, 0.1) is 12.3 Å². The standard InChI is InChI=1S/C14H19NO4/c1-10-4-5-11(19-10)9-15-12(16)8-14(13(17)18)6-2-3-7-14/h4-5H,2-3,6-9H2,1H3,(H,15,16)(H,17,18). The summed E-state index contributed by atoms with van der Waals surface area (Å²) < 4.78 is 5.35. The van der Waals surface area contributed by atoms with Gasteiger partial charge in [0.05, 0.1) is 12.0 Å². The summed E-state index contributed by atoms with van der Waals surface area (Å²) >= 11 is 0. The maximum atomic E-state index is 11.9. The van der Waals surface area contributed by atoms with Crippen molar-refractivity contribution in [3.63, 3.8) is 0 Å². The van der Waals surface area contributed by atoms with Gasteiger partial charge in [-0.1, -0.05) is 12.8 Å². The van der Waals surface area contributed by atoms with Crippen LogP contribution in [0.15, 0.2) is 16.5 Å². The molecule has 0 saturated heterocycles. The van der Waals surface area contributed by atoms with Crippen molar-refractivity contribution in [3.05, 3.63) is 23.7 Å². The van der Waals surface area contributed by atoms with Crippen molar-refractivity contribution in [2.75, 3.05) is 0 Å². The Bertz CT molecular complexity index is 472. The minimum Gasteiger partial charge on any atom is -0.481 e. The van der Waals surface area contributed by atoms with Gasteiger partial charge in [-0.3, -0.25) is 9.59 Å². The van der Waals surface area contributed by atoms with Gasteiger partial charge >= 0.3 is 5.97 Å². The van der Waals surface area contributed by atoms with Crippen LogP contribution in [0.25, 0.3) is 0 Å². The highest BCUT2D eigenvalue weighted by atomic mass is 16.4. The van der Waals surface area contributed by atoms with E-state index in [0.29, 0.717) is 25.1 Å². The summed E-state index contributed by atoms with van der Waals surface area (Å²) in [6.45, 7) is 2.14. The number of nitrogens with one attached hydrogen (secondary N) is 1. The largest absolute Gasteiger partial charge is 0.481 e. The summed E-state index contributed by atoms with van der Waals surface area (Å²) in [7, 11) is 0. The first-order valence-corrected chi connectivity index (χ1v) is 6.57. The number of hydrogen-bond acceptors (Lipinski definition) is 3. The predicted molar refractivity (Wildman–Crippen MR) is 68.4 cm³/mol. The lowest BCUT2D eigenvalue weighted by Gasteiger charge is -2.22. The second-order valence-corrected chi connectivity index (χ2v) is 5.26. The Balaban J connectivity index is 1.88. The van der Waals surface area contributed by atoms with Gasteiger partial charge in [0.25, 0.3) is 0 Å². The zero-order chi connectivity index (χ0) is 13.9. The average molecular weight is 265 g/mol. The van der Waals surface area contributed by atoms with Crippen molar-refractivity contribution < 1.29 is 19.1 Å². The van der Waals surface area contributed by atoms with E-state index in [9.17, 15) is 14.7 Å². The van der Waals surface area contributed by atoms with Crippen LogP contribution in [0.3, 0.4) is 0 Å². The normalized spacial score (nSPS) is 17.3. The molecule has 2 N–H and O–H groups in total. The molecule has 5 nitrogen and oxygen atoms in total. The van der Waals surface area contributed by atoms with Gasteiger partial charge in [0.1, 0.15) is 11.5 Å². The van der Waals surface area contributed by atoms with Crippen molar-refractivity contribution in [2.24, 2.45) is 5.41 Å². The first-order chi connectivity index (χ1) is 9.02. The van der Waals surface area contributed by atoms with Crippen LogP contribution in [-0.2, 0) is 16.1 Å².